The molecule has 8 aromatic rings. The second-order valence-corrected chi connectivity index (χ2v) is 35.7. The fraction of sp³-hybridized carbons (Fsp3) is 0.567. The minimum absolute atomic E-state index is 0. The second-order valence-electron chi connectivity index (χ2n) is 21.0. The van der Waals surface area contributed by atoms with Crippen molar-refractivity contribution in [3.63, 3.8) is 0 Å². The monoisotopic (exact) mass is 1860 g/mol. The maximum atomic E-state index is 4.80. The van der Waals surface area contributed by atoms with Crippen molar-refractivity contribution < 1.29 is 1.43 Å². The molecule has 634 valence electrons. The van der Waals surface area contributed by atoms with Gasteiger partial charge in [0.1, 0.15) is 0 Å². The Kier molecular flexibility index (Phi) is 134. The van der Waals surface area contributed by atoms with Gasteiger partial charge in [0.05, 0.1) is 0 Å². The Labute approximate surface area is 720 Å². The number of hydrogen-bond acceptors (Lipinski definition) is 6. The van der Waals surface area contributed by atoms with Crippen LogP contribution in [0.3, 0.4) is 0 Å². The Bertz CT molecular complexity index is 2650. The van der Waals surface area contributed by atoms with E-state index in [4.69, 9.17) is 4.98 Å². The Morgan fingerprint density at radius 3 is 0.991 bits per heavy atom. The summed E-state index contributed by atoms with van der Waals surface area (Å²) in [5.74, 6) is 0. The van der Waals surface area contributed by atoms with Crippen LogP contribution in [0.2, 0.25) is 13.3 Å². The Hall–Kier alpha value is -4.57. The van der Waals surface area contributed by atoms with Crippen LogP contribution < -0.4 is 25.0 Å². The zero-order chi connectivity index (χ0) is 84.4. The largest absolute Gasteiger partial charge is 0.385 e. The number of alkyl halides is 2. The molecular formula is C97H181Br2IN8Sn. The molecule has 0 atom stereocenters. The fourth-order valence-corrected chi connectivity index (χ4v) is 25.7. The van der Waals surface area contributed by atoms with Gasteiger partial charge in [-0.3, -0.25) is 4.98 Å². The number of rotatable bonds is 31. The summed E-state index contributed by atoms with van der Waals surface area (Å²) in [6.45, 7) is 68.9. The number of pyridine rings is 2. The van der Waals surface area contributed by atoms with Crippen LogP contribution in [0.15, 0.2) is 195 Å². The first kappa shape index (κ1) is 128. The molecule has 0 aliphatic heterocycles. The van der Waals surface area contributed by atoms with Gasteiger partial charge in [-0.15, -0.1) is 24.0 Å². The number of benzene rings is 4. The number of anilines is 4. The number of halogens is 3. The van der Waals surface area contributed by atoms with Crippen LogP contribution in [0, 0.1) is 6.92 Å². The number of nitrogens with one attached hydrogen (secondary N) is 5. The van der Waals surface area contributed by atoms with E-state index < -0.39 is 18.4 Å². The topological polar surface area (TPSA) is 94.6 Å². The Balaban J connectivity index is -0.000000100. The molecule has 0 aliphatic rings. The van der Waals surface area contributed by atoms with Gasteiger partial charge in [0, 0.05) is 104 Å². The van der Waals surface area contributed by atoms with Gasteiger partial charge in [0.2, 0.25) is 0 Å². The van der Waals surface area contributed by atoms with Crippen LogP contribution in [0.4, 0.5) is 22.7 Å². The maximum absolute atomic E-state index is 4.80. The molecule has 0 amide bonds. The molecule has 0 saturated heterocycles. The summed E-state index contributed by atoms with van der Waals surface area (Å²) in [6.07, 6.45) is 29.0. The first-order chi connectivity index (χ1) is 53.3. The van der Waals surface area contributed by atoms with Crippen molar-refractivity contribution in [1.82, 2.24) is 19.5 Å². The van der Waals surface area contributed by atoms with Gasteiger partial charge in [-0.05, 0) is 141 Å². The number of aromatic amines is 1. The first-order valence-electron chi connectivity index (χ1n) is 43.7. The van der Waals surface area contributed by atoms with Crippen LogP contribution in [-0.4, -0.2) is 74.7 Å². The molecule has 0 aliphatic carbocycles. The van der Waals surface area contributed by atoms with E-state index in [1.807, 2.05) is 215 Å². The average Bonchev–Trinajstić information content (AvgIpc) is 0.951. The molecule has 0 bridgehead atoms. The number of nitrogens with zero attached hydrogens (tertiary/aromatic N) is 3. The van der Waals surface area contributed by atoms with Gasteiger partial charge in [-0.25, -0.2) is 0 Å². The standard InChI is InChI=1S/C15H18N2.C15H20N2.2C11H16BrN.C5H4N.C4H5N.3C4H9.12C2H6.HI.Sn.H2/c1-13-7-2-3-10-15(13)17-12-6-9-14-8-4-5-11-16-14;1-2-14-8-3-4-9-15(14)16-10-7-13-17-11-5-6-12-17;2*1-2-10-6-3-4-7-11(10)13-9-5-8-12;1-2-4-6-5-3-1;1-2-4-5-3-1;3*1-3-4-2;12*1-2;;;/h2-5,7-8,10-11,17H,6,9,12H2,1H3;3-6,8-9,11-12,16H,2,7,10,13H2,1H3;2*3-4,6-7,13H,2,5,8-9H2,1H3;1-4H;1-5H;3*1,3-4H2,2H3;12*1-2H3;1H;;1H. The third-order valence-electron chi connectivity index (χ3n) is 14.5. The molecule has 4 aromatic carbocycles. The Morgan fingerprint density at radius 2 is 0.679 bits per heavy atom. The zero-order valence-corrected chi connectivity index (χ0v) is 85.3. The van der Waals surface area contributed by atoms with Gasteiger partial charge >= 0.3 is 124 Å². The number of aryl methyl sites for hydroxylation is 6. The van der Waals surface area contributed by atoms with Crippen molar-refractivity contribution in [1.29, 1.82) is 0 Å². The van der Waals surface area contributed by atoms with Gasteiger partial charge in [0.25, 0.3) is 0 Å². The average molecular weight is 1860 g/mol. The summed E-state index contributed by atoms with van der Waals surface area (Å²) in [5.41, 5.74) is 11.7. The zero-order valence-electron chi connectivity index (χ0n) is 77.0. The third kappa shape index (κ3) is 75.9. The summed E-state index contributed by atoms with van der Waals surface area (Å²) in [7, 11) is 0. The summed E-state index contributed by atoms with van der Waals surface area (Å²) in [6, 6.07) is 54.6. The summed E-state index contributed by atoms with van der Waals surface area (Å²) in [5, 5.41) is 16.0. The van der Waals surface area contributed by atoms with Crippen LogP contribution >= 0.6 is 55.8 Å². The molecule has 0 spiro atoms. The third-order valence-corrected chi connectivity index (χ3v) is 30.8. The van der Waals surface area contributed by atoms with Gasteiger partial charge < -0.3 is 30.8 Å². The van der Waals surface area contributed by atoms with Crippen LogP contribution in [0.25, 0.3) is 0 Å². The van der Waals surface area contributed by atoms with Crippen LogP contribution in [-0.2, 0) is 32.2 Å². The van der Waals surface area contributed by atoms with Crippen molar-refractivity contribution in [2.45, 2.75) is 324 Å². The molecule has 0 radical (unpaired) electrons. The van der Waals surface area contributed by atoms with E-state index in [-0.39, 0.29) is 25.4 Å². The Morgan fingerprint density at radius 1 is 0.358 bits per heavy atom. The minimum Gasteiger partial charge on any atom is -0.385 e. The van der Waals surface area contributed by atoms with Gasteiger partial charge in [0.15, 0.2) is 0 Å². The van der Waals surface area contributed by atoms with Crippen LogP contribution in [0.5, 0.6) is 0 Å². The van der Waals surface area contributed by atoms with Crippen molar-refractivity contribution in [2.75, 3.05) is 58.1 Å². The number of aromatic nitrogens is 4. The van der Waals surface area contributed by atoms with Gasteiger partial charge in [-0.2, -0.15) is 0 Å². The van der Waals surface area contributed by atoms with Crippen molar-refractivity contribution in [3.8, 4) is 0 Å². The van der Waals surface area contributed by atoms with E-state index in [9.17, 15) is 0 Å². The second kappa shape index (κ2) is 114. The number of hydrogen-bond donors (Lipinski definition) is 5. The minimum atomic E-state index is -2.21. The molecule has 109 heavy (non-hydrogen) atoms. The quantitative estimate of drug-likeness (QED) is 0.0129. The summed E-state index contributed by atoms with van der Waals surface area (Å²) in [4.78, 5) is 12.0. The molecule has 8 rings (SSSR count). The molecule has 4 aromatic heterocycles. The van der Waals surface area contributed by atoms with E-state index in [0.29, 0.717) is 0 Å². The van der Waals surface area contributed by atoms with Gasteiger partial charge in [-0.1, -0.05) is 298 Å². The summed E-state index contributed by atoms with van der Waals surface area (Å²) < 4.78 is 8.31. The predicted molar refractivity (Wildman–Crippen MR) is 534 cm³/mol. The van der Waals surface area contributed by atoms with Crippen LogP contribution in [0.1, 0.15) is 301 Å². The smallest absolute Gasteiger partial charge is 0.0404 e. The molecule has 0 fully saturated rings. The van der Waals surface area contributed by atoms with E-state index in [0.717, 1.165) is 94.8 Å². The van der Waals surface area contributed by atoms with Crippen molar-refractivity contribution >= 4 is 101 Å². The molecule has 12 heteroatoms. The normalized spacial score (nSPS) is 8.67. The fourth-order valence-electron chi connectivity index (χ4n) is 9.66. The number of para-hydroxylation sites is 4. The summed E-state index contributed by atoms with van der Waals surface area (Å²) >= 11 is 4.63. The molecular weight excluding hydrogens is 1680 g/mol. The van der Waals surface area contributed by atoms with Crippen molar-refractivity contribution in [2.24, 2.45) is 0 Å². The van der Waals surface area contributed by atoms with E-state index in [2.05, 4.69) is 262 Å². The number of H-pyrrole nitrogens is 1. The van der Waals surface area contributed by atoms with E-state index in [1.54, 1.807) is 3.71 Å². The molecule has 0 unspecified atom stereocenters. The molecule has 8 nitrogen and oxygen atoms in total. The molecule has 5 N–H and O–H groups in total. The predicted octanol–water partition coefficient (Wildman–Crippen LogP) is 33.2. The molecule has 0 saturated carbocycles. The first-order valence-corrected chi connectivity index (χ1v) is 53.4. The number of unbranched alkanes of at least 4 members (excludes halogenated alkanes) is 3. The molecule has 4 heterocycles. The SMILES string of the molecule is CC.CC.CC.CC.CC.CC.CC.CC.CC.CC.CC.CC.CCC[CH2][Sn]([CH2]CCC)([CH2]CCC)[c]1ccccn1.CCc1ccccc1NCCCBr.CCc1ccccc1NCCCBr.CCc1ccccc1NCCCn1cccc1.Cc1ccccc1NCCCc1ccccn1.I.[HH].c1cc[nH]c1. The van der Waals surface area contributed by atoms with Crippen molar-refractivity contribution in [3.05, 3.63) is 223 Å². The van der Waals surface area contributed by atoms with E-state index in [1.165, 1.54) is 103 Å². The maximum Gasteiger partial charge on any atom is 0.0404 e. The van der Waals surface area contributed by atoms with E-state index >= 15 is 0 Å².